The number of allylic oxidation sites excluding steroid dienone is 11. The Balaban J connectivity index is 4.08. The first-order valence-corrected chi connectivity index (χ1v) is 8.57. The molecule has 1 aromatic rings. The van der Waals surface area contributed by atoms with Crippen LogP contribution in [0.3, 0.4) is 0 Å². The monoisotopic (exact) mass is 343 g/mol. The summed E-state index contributed by atoms with van der Waals surface area (Å²) in [6.45, 7) is 25.7. The minimum Gasteiger partial charge on any atom is -0.309 e. The third-order valence-electron chi connectivity index (χ3n) is 4.16. The van der Waals surface area contributed by atoms with E-state index in [0.29, 0.717) is 0 Å². The van der Waals surface area contributed by atoms with E-state index in [2.05, 4.69) is 64.3 Å². The molecule has 1 heteroatoms. The Morgan fingerprint density at radius 3 is 2.08 bits per heavy atom. The van der Waals surface area contributed by atoms with Gasteiger partial charge in [0.05, 0.1) is 5.69 Å². The molecule has 1 heterocycles. The number of aromatic nitrogens is 1. The molecule has 0 aliphatic carbocycles. The molecular formula is C25H29N. The van der Waals surface area contributed by atoms with Crippen LogP contribution in [0.5, 0.6) is 0 Å². The molecule has 0 aliphatic heterocycles. The van der Waals surface area contributed by atoms with Crippen LogP contribution in [0.15, 0.2) is 87.1 Å². The molecule has 0 fully saturated rings. The normalized spacial score (nSPS) is 13.0. The molecular weight excluding hydrogens is 314 g/mol. The van der Waals surface area contributed by atoms with E-state index in [1.165, 1.54) is 0 Å². The average molecular weight is 344 g/mol. The van der Waals surface area contributed by atoms with Crippen molar-refractivity contribution in [2.45, 2.75) is 20.8 Å². The van der Waals surface area contributed by atoms with Gasteiger partial charge >= 0.3 is 0 Å². The van der Waals surface area contributed by atoms with Gasteiger partial charge in [0.15, 0.2) is 0 Å². The molecule has 0 atom stereocenters. The van der Waals surface area contributed by atoms with Crippen LogP contribution in [0, 0.1) is 6.92 Å². The van der Waals surface area contributed by atoms with Gasteiger partial charge in [-0.2, -0.15) is 0 Å². The SMILES string of the molecule is C=C/C=C\C(C)=C(/C=C)n1c(/C=C\C=C)c(C)c(C=C)c1/C(C)=C\C=C. The van der Waals surface area contributed by atoms with Crippen molar-refractivity contribution in [1.82, 2.24) is 4.57 Å². The summed E-state index contributed by atoms with van der Waals surface area (Å²) >= 11 is 0. The van der Waals surface area contributed by atoms with Crippen LogP contribution in [0.2, 0.25) is 0 Å². The lowest BCUT2D eigenvalue weighted by Gasteiger charge is -2.16. The van der Waals surface area contributed by atoms with Crippen LogP contribution in [0.25, 0.3) is 23.4 Å². The van der Waals surface area contributed by atoms with Gasteiger partial charge in [0.25, 0.3) is 0 Å². The quantitative estimate of drug-likeness (QED) is 0.412. The summed E-state index contributed by atoms with van der Waals surface area (Å²) in [6, 6.07) is 0. The molecule has 26 heavy (non-hydrogen) atoms. The summed E-state index contributed by atoms with van der Waals surface area (Å²) in [7, 11) is 0. The van der Waals surface area contributed by atoms with Gasteiger partial charge < -0.3 is 4.57 Å². The number of nitrogens with zero attached hydrogens (tertiary/aromatic N) is 1. The Labute approximate surface area is 158 Å². The van der Waals surface area contributed by atoms with Crippen molar-refractivity contribution < 1.29 is 0 Å². The zero-order valence-electron chi connectivity index (χ0n) is 16.3. The predicted octanol–water partition coefficient (Wildman–Crippen LogP) is 7.39. The lowest BCUT2D eigenvalue weighted by Crippen LogP contribution is -2.04. The van der Waals surface area contributed by atoms with Crippen molar-refractivity contribution in [3.05, 3.63) is 110 Å². The highest BCUT2D eigenvalue weighted by Crippen LogP contribution is 2.34. The van der Waals surface area contributed by atoms with Gasteiger partial charge in [-0.05, 0) is 49.6 Å². The Hall–Kier alpha value is -3.06. The minimum absolute atomic E-state index is 1.01. The third kappa shape index (κ3) is 4.31. The Morgan fingerprint density at radius 1 is 0.923 bits per heavy atom. The van der Waals surface area contributed by atoms with Gasteiger partial charge in [0, 0.05) is 17.0 Å². The molecule has 0 spiro atoms. The Bertz CT molecular complexity index is 845. The molecule has 1 rings (SSSR count). The minimum atomic E-state index is 1.01. The second-order valence-electron chi connectivity index (χ2n) is 5.86. The van der Waals surface area contributed by atoms with Crippen molar-refractivity contribution in [3.63, 3.8) is 0 Å². The summed E-state index contributed by atoms with van der Waals surface area (Å²) in [5, 5.41) is 0. The van der Waals surface area contributed by atoms with Crippen molar-refractivity contribution >= 4 is 23.4 Å². The lowest BCUT2D eigenvalue weighted by molar-refractivity contribution is 1.06. The summed E-state index contributed by atoms with van der Waals surface area (Å²) in [5.74, 6) is 0. The largest absolute Gasteiger partial charge is 0.309 e. The zero-order valence-corrected chi connectivity index (χ0v) is 16.3. The number of hydrogen-bond donors (Lipinski definition) is 0. The van der Waals surface area contributed by atoms with E-state index in [9.17, 15) is 0 Å². The molecule has 0 amide bonds. The molecule has 134 valence electrons. The van der Waals surface area contributed by atoms with Gasteiger partial charge in [-0.25, -0.2) is 0 Å². The van der Waals surface area contributed by atoms with Gasteiger partial charge in [-0.15, -0.1) is 0 Å². The lowest BCUT2D eigenvalue weighted by atomic mass is 10.1. The summed E-state index contributed by atoms with van der Waals surface area (Å²) < 4.78 is 2.22. The zero-order chi connectivity index (χ0) is 19.7. The third-order valence-corrected chi connectivity index (χ3v) is 4.16. The first-order chi connectivity index (χ1) is 12.5. The summed E-state index contributed by atoms with van der Waals surface area (Å²) in [6.07, 6.45) is 19.1. The van der Waals surface area contributed by atoms with Crippen molar-refractivity contribution in [2.24, 2.45) is 0 Å². The second kappa shape index (κ2) is 10.0. The fourth-order valence-electron chi connectivity index (χ4n) is 2.95. The van der Waals surface area contributed by atoms with Gasteiger partial charge in [-0.1, -0.05) is 81.5 Å². The molecule has 0 N–H and O–H groups in total. The Kier molecular flexibility index (Phi) is 8.11. The van der Waals surface area contributed by atoms with E-state index in [0.717, 1.165) is 39.4 Å². The molecule has 0 aliphatic rings. The van der Waals surface area contributed by atoms with Crippen LogP contribution < -0.4 is 0 Å². The van der Waals surface area contributed by atoms with Gasteiger partial charge in [0.1, 0.15) is 0 Å². The maximum absolute atomic E-state index is 4.05. The number of rotatable bonds is 9. The maximum Gasteiger partial charge on any atom is 0.0566 e. The smallest absolute Gasteiger partial charge is 0.0566 e. The number of hydrogen-bond acceptors (Lipinski definition) is 0. The van der Waals surface area contributed by atoms with Gasteiger partial charge in [0.2, 0.25) is 0 Å². The second-order valence-corrected chi connectivity index (χ2v) is 5.86. The molecule has 0 saturated heterocycles. The van der Waals surface area contributed by atoms with Crippen molar-refractivity contribution in [1.29, 1.82) is 0 Å². The van der Waals surface area contributed by atoms with E-state index >= 15 is 0 Å². The highest BCUT2D eigenvalue weighted by atomic mass is 15.0. The van der Waals surface area contributed by atoms with E-state index < -0.39 is 0 Å². The first kappa shape index (κ1) is 21.0. The summed E-state index contributed by atoms with van der Waals surface area (Å²) in [5.41, 5.74) is 7.63. The van der Waals surface area contributed by atoms with Crippen LogP contribution in [-0.2, 0) is 0 Å². The topological polar surface area (TPSA) is 4.93 Å². The molecule has 0 unspecified atom stereocenters. The van der Waals surface area contributed by atoms with Gasteiger partial charge in [-0.3, -0.25) is 0 Å². The molecule has 0 aromatic carbocycles. The highest BCUT2D eigenvalue weighted by Gasteiger charge is 2.20. The van der Waals surface area contributed by atoms with Crippen molar-refractivity contribution in [3.8, 4) is 0 Å². The first-order valence-electron chi connectivity index (χ1n) is 8.57. The van der Waals surface area contributed by atoms with E-state index in [1.54, 1.807) is 18.2 Å². The highest BCUT2D eigenvalue weighted by molar-refractivity contribution is 5.83. The molecule has 0 radical (unpaired) electrons. The Morgan fingerprint density at radius 2 is 1.58 bits per heavy atom. The summed E-state index contributed by atoms with van der Waals surface area (Å²) in [4.78, 5) is 0. The fraction of sp³-hybridized carbons (Fsp3) is 0.120. The van der Waals surface area contributed by atoms with Crippen LogP contribution in [-0.4, -0.2) is 4.57 Å². The fourth-order valence-corrected chi connectivity index (χ4v) is 2.95. The average Bonchev–Trinajstić information content (AvgIpc) is 2.90. The van der Waals surface area contributed by atoms with Crippen LogP contribution >= 0.6 is 0 Å². The molecule has 0 bridgehead atoms. The van der Waals surface area contributed by atoms with Crippen molar-refractivity contribution in [2.75, 3.05) is 0 Å². The predicted molar refractivity (Wildman–Crippen MR) is 121 cm³/mol. The van der Waals surface area contributed by atoms with Crippen LogP contribution in [0.4, 0.5) is 0 Å². The van der Waals surface area contributed by atoms with E-state index in [-0.39, 0.29) is 0 Å². The molecule has 1 aromatic heterocycles. The van der Waals surface area contributed by atoms with E-state index in [1.807, 2.05) is 36.5 Å². The van der Waals surface area contributed by atoms with E-state index in [4.69, 9.17) is 0 Å². The standard InChI is InChI=1S/C25H29N/c1-9-14-17-19(6)23(13-5)26-24(18-15-10-2)21(8)22(12-4)25(26)20(7)16-11-3/h9-18H,1-5H2,6-8H3/b17-14-,18-15-,20-16-,23-19+. The maximum atomic E-state index is 4.05. The van der Waals surface area contributed by atoms with Crippen LogP contribution in [0.1, 0.15) is 36.4 Å². The molecule has 1 nitrogen and oxygen atoms in total. The molecule has 0 saturated carbocycles.